The summed E-state index contributed by atoms with van der Waals surface area (Å²) in [5.41, 5.74) is 5.07. The highest BCUT2D eigenvalue weighted by molar-refractivity contribution is 5.91. The molecule has 1 aliphatic carbocycles. The number of likely N-dealkylation sites (tertiary alicyclic amines) is 1. The Balaban J connectivity index is 1.88. The van der Waals surface area contributed by atoms with Gasteiger partial charge in [-0.1, -0.05) is 12.8 Å². The second-order valence-electron chi connectivity index (χ2n) is 6.32. The Morgan fingerprint density at radius 2 is 2.05 bits per heavy atom. The monoisotopic (exact) mass is 302 g/mol. The third-order valence-corrected chi connectivity index (χ3v) is 5.01. The lowest BCUT2D eigenvalue weighted by Crippen LogP contribution is -2.54. The maximum absolute atomic E-state index is 12.8. The van der Waals surface area contributed by atoms with E-state index in [1.54, 1.807) is 17.3 Å². The van der Waals surface area contributed by atoms with Gasteiger partial charge in [-0.15, -0.1) is 0 Å². The van der Waals surface area contributed by atoms with Crippen molar-refractivity contribution in [2.75, 3.05) is 6.54 Å². The van der Waals surface area contributed by atoms with Crippen LogP contribution in [0.5, 0.6) is 0 Å². The minimum absolute atomic E-state index is 0.0221. The van der Waals surface area contributed by atoms with Crippen molar-refractivity contribution in [2.24, 2.45) is 11.7 Å². The number of carbonyl (C=O) groups is 2. The average molecular weight is 302 g/mol. The third-order valence-electron chi connectivity index (χ3n) is 5.01. The molecule has 0 bridgehead atoms. The van der Waals surface area contributed by atoms with Crippen LogP contribution < -0.4 is 5.73 Å². The number of rotatable bonds is 4. The molecule has 2 aliphatic rings. The molecule has 22 heavy (non-hydrogen) atoms. The molecule has 1 atom stereocenters. The maximum Gasteiger partial charge on any atom is 0.249 e. The first-order valence-corrected chi connectivity index (χ1v) is 8.01. The van der Waals surface area contributed by atoms with Crippen LogP contribution in [-0.2, 0) is 15.1 Å². The molecule has 2 fully saturated rings. The largest absolute Gasteiger partial charge is 0.367 e. The molecule has 1 aromatic heterocycles. The fourth-order valence-corrected chi connectivity index (χ4v) is 3.89. The molecule has 0 spiro atoms. The molecule has 6 heteroatoms. The summed E-state index contributed by atoms with van der Waals surface area (Å²) in [4.78, 5) is 35.0. The van der Waals surface area contributed by atoms with Crippen LogP contribution in [0.4, 0.5) is 0 Å². The van der Waals surface area contributed by atoms with Crippen LogP contribution in [0.25, 0.3) is 0 Å². The van der Waals surface area contributed by atoms with Crippen LogP contribution in [0.15, 0.2) is 18.6 Å². The van der Waals surface area contributed by atoms with Crippen LogP contribution in [-0.4, -0.2) is 33.2 Å². The summed E-state index contributed by atoms with van der Waals surface area (Å²) in [5, 5.41) is 0. The standard InChI is InChI=1S/C16H22N4O2/c17-15(22)16(13-11-18-7-8-19-13)6-3-9-20(16)14(21)10-12-4-1-2-5-12/h7-8,11-12H,1-6,9-10H2,(H2,17,22)/t16-/m0/s1. The van der Waals surface area contributed by atoms with Crippen LogP contribution in [0.2, 0.25) is 0 Å². The second-order valence-corrected chi connectivity index (χ2v) is 6.32. The Hall–Kier alpha value is -1.98. The van der Waals surface area contributed by atoms with E-state index in [4.69, 9.17) is 5.73 Å². The molecule has 1 saturated carbocycles. The van der Waals surface area contributed by atoms with E-state index in [-0.39, 0.29) is 5.91 Å². The van der Waals surface area contributed by atoms with E-state index in [0.29, 0.717) is 31.0 Å². The smallest absolute Gasteiger partial charge is 0.249 e. The van der Waals surface area contributed by atoms with Gasteiger partial charge in [-0.05, 0) is 31.6 Å². The number of carbonyl (C=O) groups excluding carboxylic acids is 2. The molecule has 0 radical (unpaired) electrons. The van der Waals surface area contributed by atoms with Gasteiger partial charge in [0.15, 0.2) is 5.54 Å². The van der Waals surface area contributed by atoms with Crippen LogP contribution in [0, 0.1) is 5.92 Å². The van der Waals surface area contributed by atoms with E-state index in [2.05, 4.69) is 9.97 Å². The van der Waals surface area contributed by atoms with Gasteiger partial charge in [0, 0.05) is 25.4 Å². The molecule has 2 amide bonds. The van der Waals surface area contributed by atoms with Crippen molar-refractivity contribution in [3.63, 3.8) is 0 Å². The summed E-state index contributed by atoms with van der Waals surface area (Å²) in [6.45, 7) is 0.561. The van der Waals surface area contributed by atoms with Crippen molar-refractivity contribution in [2.45, 2.75) is 50.5 Å². The Bertz CT molecular complexity index is 557. The summed E-state index contributed by atoms with van der Waals surface area (Å²) in [5.74, 6) is -0.0420. The molecular weight excluding hydrogens is 280 g/mol. The number of nitrogens with zero attached hydrogens (tertiary/aromatic N) is 3. The van der Waals surface area contributed by atoms with Crippen molar-refractivity contribution >= 4 is 11.8 Å². The van der Waals surface area contributed by atoms with Gasteiger partial charge in [-0.25, -0.2) is 0 Å². The fourth-order valence-electron chi connectivity index (χ4n) is 3.89. The van der Waals surface area contributed by atoms with Gasteiger partial charge in [0.1, 0.15) is 0 Å². The van der Waals surface area contributed by atoms with Crippen LogP contribution in [0.3, 0.4) is 0 Å². The molecule has 2 heterocycles. The van der Waals surface area contributed by atoms with Crippen molar-refractivity contribution in [1.82, 2.24) is 14.9 Å². The molecule has 1 saturated heterocycles. The van der Waals surface area contributed by atoms with E-state index < -0.39 is 11.4 Å². The Morgan fingerprint density at radius 1 is 1.27 bits per heavy atom. The average Bonchev–Trinajstić information content (AvgIpc) is 3.17. The summed E-state index contributed by atoms with van der Waals surface area (Å²) in [6, 6.07) is 0. The predicted molar refractivity (Wildman–Crippen MR) is 80.4 cm³/mol. The van der Waals surface area contributed by atoms with Crippen LogP contribution in [0.1, 0.15) is 50.6 Å². The lowest BCUT2D eigenvalue weighted by atomic mass is 9.90. The van der Waals surface area contributed by atoms with Gasteiger partial charge < -0.3 is 10.6 Å². The number of primary amides is 1. The fraction of sp³-hybridized carbons (Fsp3) is 0.625. The molecule has 3 rings (SSSR count). The summed E-state index contributed by atoms with van der Waals surface area (Å²) in [7, 11) is 0. The molecule has 6 nitrogen and oxygen atoms in total. The molecule has 2 N–H and O–H groups in total. The zero-order valence-electron chi connectivity index (χ0n) is 12.7. The molecule has 118 valence electrons. The Kier molecular flexibility index (Phi) is 4.09. The van der Waals surface area contributed by atoms with Gasteiger partial charge in [-0.2, -0.15) is 0 Å². The van der Waals surface area contributed by atoms with Gasteiger partial charge in [0.25, 0.3) is 0 Å². The van der Waals surface area contributed by atoms with Gasteiger partial charge in [-0.3, -0.25) is 19.6 Å². The Labute approximate surface area is 130 Å². The summed E-state index contributed by atoms with van der Waals surface area (Å²) < 4.78 is 0. The zero-order chi connectivity index (χ0) is 15.6. The van der Waals surface area contributed by atoms with E-state index in [0.717, 1.165) is 19.3 Å². The molecule has 0 unspecified atom stereocenters. The zero-order valence-corrected chi connectivity index (χ0v) is 12.7. The van der Waals surface area contributed by atoms with Crippen LogP contribution >= 0.6 is 0 Å². The van der Waals surface area contributed by atoms with Gasteiger partial charge in [0.05, 0.1) is 11.9 Å². The molecule has 0 aromatic carbocycles. The van der Waals surface area contributed by atoms with E-state index in [9.17, 15) is 9.59 Å². The minimum atomic E-state index is -1.12. The number of nitrogens with two attached hydrogens (primary N) is 1. The van der Waals surface area contributed by atoms with Crippen molar-refractivity contribution < 1.29 is 9.59 Å². The molecule has 1 aromatic rings. The first-order valence-electron chi connectivity index (χ1n) is 8.01. The van der Waals surface area contributed by atoms with Gasteiger partial charge in [0.2, 0.25) is 11.8 Å². The van der Waals surface area contributed by atoms with Crippen molar-refractivity contribution in [1.29, 1.82) is 0 Å². The quantitative estimate of drug-likeness (QED) is 0.909. The van der Waals surface area contributed by atoms with Gasteiger partial charge >= 0.3 is 0 Å². The number of hydrogen-bond donors (Lipinski definition) is 1. The highest BCUT2D eigenvalue weighted by atomic mass is 16.2. The summed E-state index contributed by atoms with van der Waals surface area (Å²) >= 11 is 0. The lowest BCUT2D eigenvalue weighted by molar-refractivity contribution is -0.145. The molecule has 1 aliphatic heterocycles. The first kappa shape index (κ1) is 14.9. The van der Waals surface area contributed by atoms with E-state index >= 15 is 0 Å². The SMILES string of the molecule is NC(=O)[C@@]1(c2cnccn2)CCCN1C(=O)CC1CCCC1. The number of amides is 2. The normalized spacial score (nSPS) is 25.5. The topological polar surface area (TPSA) is 89.2 Å². The van der Waals surface area contributed by atoms with E-state index in [1.165, 1.54) is 19.0 Å². The Morgan fingerprint density at radius 3 is 2.68 bits per heavy atom. The highest BCUT2D eigenvalue weighted by Gasteiger charge is 2.51. The maximum atomic E-state index is 12.8. The number of hydrogen-bond acceptors (Lipinski definition) is 4. The second kappa shape index (κ2) is 6.02. The van der Waals surface area contributed by atoms with Crippen molar-refractivity contribution in [3.8, 4) is 0 Å². The minimum Gasteiger partial charge on any atom is -0.367 e. The molecular formula is C16H22N4O2. The van der Waals surface area contributed by atoms with Crippen molar-refractivity contribution in [3.05, 3.63) is 24.3 Å². The lowest BCUT2D eigenvalue weighted by Gasteiger charge is -2.35. The summed E-state index contributed by atoms with van der Waals surface area (Å²) in [6.07, 6.45) is 11.0. The van der Waals surface area contributed by atoms with E-state index in [1.807, 2.05) is 0 Å². The first-order chi connectivity index (χ1) is 10.6. The number of aromatic nitrogens is 2. The predicted octanol–water partition coefficient (Wildman–Crippen LogP) is 1.36. The third kappa shape index (κ3) is 2.46. The highest BCUT2D eigenvalue weighted by Crippen LogP contribution is 2.39.